The van der Waals surface area contributed by atoms with Crippen LogP contribution in [0.2, 0.25) is 0 Å². The van der Waals surface area contributed by atoms with Gasteiger partial charge in [-0.05, 0) is 43.9 Å². The molecule has 1 aliphatic carbocycles. The van der Waals surface area contributed by atoms with Gasteiger partial charge in [0.2, 0.25) is 0 Å². The Kier molecular flexibility index (Phi) is 3.16. The first-order valence-electron chi connectivity index (χ1n) is 6.24. The second-order valence-electron chi connectivity index (χ2n) is 4.56. The van der Waals surface area contributed by atoms with Crippen LogP contribution in [0.25, 0.3) is 10.2 Å². The zero-order valence-electron chi connectivity index (χ0n) is 10.3. The molecule has 1 fully saturated rings. The van der Waals surface area contributed by atoms with Gasteiger partial charge < -0.3 is 5.73 Å². The highest BCUT2D eigenvalue weighted by molar-refractivity contribution is 7.22. The number of nitrogens with zero attached hydrogens (tertiary/aromatic N) is 2. The zero-order chi connectivity index (χ0) is 13.2. The number of thiazole rings is 1. The third-order valence-corrected chi connectivity index (χ3v) is 4.01. The molecule has 2 aromatic rings. The molecular formula is C13H14N4OS. The third kappa shape index (κ3) is 2.58. The van der Waals surface area contributed by atoms with E-state index in [2.05, 4.69) is 15.5 Å². The first kappa shape index (κ1) is 12.1. The molecule has 1 heterocycles. The fourth-order valence-electron chi connectivity index (χ4n) is 2.17. The molecule has 3 N–H and O–H groups in total. The van der Waals surface area contributed by atoms with Gasteiger partial charge in [-0.15, -0.1) is 0 Å². The maximum Gasteiger partial charge on any atom is 0.271 e. The third-order valence-electron chi connectivity index (χ3n) is 3.16. The predicted octanol–water partition coefficient (Wildman–Crippen LogP) is 2.54. The molecule has 1 aromatic carbocycles. The summed E-state index contributed by atoms with van der Waals surface area (Å²) in [6.45, 7) is 0. The van der Waals surface area contributed by atoms with E-state index in [9.17, 15) is 4.79 Å². The fraction of sp³-hybridized carbons (Fsp3) is 0.308. The van der Waals surface area contributed by atoms with Crippen molar-refractivity contribution in [3.05, 3.63) is 23.8 Å². The number of nitrogens with two attached hydrogens (primary N) is 1. The lowest BCUT2D eigenvalue weighted by molar-refractivity contribution is 0.0955. The summed E-state index contributed by atoms with van der Waals surface area (Å²) in [5.74, 6) is -0.187. The molecule has 0 bridgehead atoms. The molecule has 0 spiro atoms. The Morgan fingerprint density at radius 1 is 1.37 bits per heavy atom. The Morgan fingerprint density at radius 3 is 2.95 bits per heavy atom. The maximum absolute atomic E-state index is 12.0. The van der Waals surface area contributed by atoms with E-state index in [4.69, 9.17) is 5.73 Å². The number of hydrazone groups is 1. The van der Waals surface area contributed by atoms with Crippen LogP contribution < -0.4 is 11.2 Å². The minimum atomic E-state index is -0.187. The number of amides is 1. The van der Waals surface area contributed by atoms with E-state index < -0.39 is 0 Å². The molecule has 19 heavy (non-hydrogen) atoms. The second kappa shape index (κ2) is 4.97. The zero-order valence-corrected chi connectivity index (χ0v) is 11.2. The minimum Gasteiger partial charge on any atom is -0.375 e. The Labute approximate surface area is 114 Å². The summed E-state index contributed by atoms with van der Waals surface area (Å²) in [6, 6.07) is 5.35. The molecule has 0 aliphatic heterocycles. The van der Waals surface area contributed by atoms with Crippen molar-refractivity contribution in [2.75, 3.05) is 5.73 Å². The molecule has 3 rings (SSSR count). The van der Waals surface area contributed by atoms with Crippen molar-refractivity contribution in [3.8, 4) is 0 Å². The lowest BCUT2D eigenvalue weighted by Gasteiger charge is -2.01. The molecule has 0 unspecified atom stereocenters. The first-order valence-corrected chi connectivity index (χ1v) is 7.06. The normalized spacial score (nSPS) is 14.8. The van der Waals surface area contributed by atoms with Crippen LogP contribution in [0.15, 0.2) is 23.3 Å². The van der Waals surface area contributed by atoms with Crippen molar-refractivity contribution in [2.24, 2.45) is 5.10 Å². The van der Waals surface area contributed by atoms with Gasteiger partial charge in [-0.1, -0.05) is 11.3 Å². The lowest BCUT2D eigenvalue weighted by Crippen LogP contribution is -2.18. The first-order chi connectivity index (χ1) is 9.22. The van der Waals surface area contributed by atoms with Crippen LogP contribution >= 0.6 is 11.3 Å². The van der Waals surface area contributed by atoms with E-state index in [1.54, 1.807) is 18.2 Å². The number of carbonyl (C=O) groups excluding carboxylic acids is 1. The van der Waals surface area contributed by atoms with Crippen LogP contribution in [-0.2, 0) is 0 Å². The van der Waals surface area contributed by atoms with Gasteiger partial charge in [0, 0.05) is 11.3 Å². The number of nitrogen functional groups attached to an aromatic ring is 1. The molecule has 98 valence electrons. The van der Waals surface area contributed by atoms with E-state index in [1.165, 1.54) is 24.2 Å². The van der Waals surface area contributed by atoms with Crippen LogP contribution in [-0.4, -0.2) is 16.6 Å². The van der Waals surface area contributed by atoms with E-state index in [-0.39, 0.29) is 5.91 Å². The Hall–Kier alpha value is -1.95. The smallest absolute Gasteiger partial charge is 0.271 e. The van der Waals surface area contributed by atoms with Gasteiger partial charge in [-0.2, -0.15) is 5.10 Å². The molecule has 0 saturated heterocycles. The highest BCUT2D eigenvalue weighted by atomic mass is 32.1. The fourth-order valence-corrected chi connectivity index (χ4v) is 2.95. The SMILES string of the molecule is Nc1nc2ccc(C(=O)NN=C3CCCC3)cc2s1. The number of aromatic nitrogens is 1. The van der Waals surface area contributed by atoms with E-state index in [0.29, 0.717) is 10.7 Å². The number of rotatable bonds is 2. The number of fused-ring (bicyclic) bond motifs is 1. The van der Waals surface area contributed by atoms with Crippen molar-refractivity contribution in [1.82, 2.24) is 10.4 Å². The molecule has 0 radical (unpaired) electrons. The second-order valence-corrected chi connectivity index (χ2v) is 5.62. The Morgan fingerprint density at radius 2 is 2.16 bits per heavy atom. The summed E-state index contributed by atoms with van der Waals surface area (Å²) < 4.78 is 0.915. The van der Waals surface area contributed by atoms with Crippen LogP contribution in [0.3, 0.4) is 0 Å². The Bertz CT molecular complexity index is 654. The van der Waals surface area contributed by atoms with E-state index in [0.717, 1.165) is 28.8 Å². The largest absolute Gasteiger partial charge is 0.375 e. The topological polar surface area (TPSA) is 80.4 Å². The molecule has 1 amide bonds. The van der Waals surface area contributed by atoms with Gasteiger partial charge in [-0.3, -0.25) is 4.79 Å². The maximum atomic E-state index is 12.0. The number of hydrogen-bond donors (Lipinski definition) is 2. The number of nitrogens with one attached hydrogen (secondary N) is 1. The standard InChI is InChI=1S/C13H14N4OS/c14-13-15-10-6-5-8(7-11(10)19-13)12(18)17-16-9-3-1-2-4-9/h5-7H,1-4H2,(H2,14,15)(H,17,18). The van der Waals surface area contributed by atoms with Crippen LogP contribution in [0.5, 0.6) is 0 Å². The van der Waals surface area contributed by atoms with Gasteiger partial charge >= 0.3 is 0 Å². The van der Waals surface area contributed by atoms with Crippen molar-refractivity contribution in [2.45, 2.75) is 25.7 Å². The highest BCUT2D eigenvalue weighted by Gasteiger charge is 2.11. The monoisotopic (exact) mass is 274 g/mol. The van der Waals surface area contributed by atoms with Gasteiger partial charge in [0.05, 0.1) is 10.2 Å². The van der Waals surface area contributed by atoms with Crippen molar-refractivity contribution in [1.29, 1.82) is 0 Å². The molecule has 5 nitrogen and oxygen atoms in total. The van der Waals surface area contributed by atoms with Crippen LogP contribution in [0, 0.1) is 0 Å². The van der Waals surface area contributed by atoms with Gasteiger partial charge in [-0.25, -0.2) is 10.4 Å². The quantitative estimate of drug-likeness (QED) is 0.826. The average Bonchev–Trinajstić information content (AvgIpc) is 3.02. The highest BCUT2D eigenvalue weighted by Crippen LogP contribution is 2.24. The van der Waals surface area contributed by atoms with E-state index in [1.807, 2.05) is 0 Å². The number of carbonyl (C=O) groups is 1. The summed E-state index contributed by atoms with van der Waals surface area (Å²) in [5.41, 5.74) is 10.7. The van der Waals surface area contributed by atoms with Crippen molar-refractivity contribution >= 4 is 38.3 Å². The summed E-state index contributed by atoms with van der Waals surface area (Å²) in [4.78, 5) is 16.1. The summed E-state index contributed by atoms with van der Waals surface area (Å²) in [6.07, 6.45) is 4.32. The average molecular weight is 274 g/mol. The number of anilines is 1. The molecule has 1 aliphatic rings. The van der Waals surface area contributed by atoms with Gasteiger partial charge in [0.15, 0.2) is 5.13 Å². The molecule has 0 atom stereocenters. The summed E-state index contributed by atoms with van der Waals surface area (Å²) in [7, 11) is 0. The lowest BCUT2D eigenvalue weighted by atomic mass is 10.2. The minimum absolute atomic E-state index is 0.187. The van der Waals surface area contributed by atoms with Crippen molar-refractivity contribution in [3.63, 3.8) is 0 Å². The van der Waals surface area contributed by atoms with Crippen LogP contribution in [0.4, 0.5) is 5.13 Å². The summed E-state index contributed by atoms with van der Waals surface area (Å²) in [5, 5.41) is 4.68. The number of benzene rings is 1. The predicted molar refractivity (Wildman–Crippen MR) is 77.4 cm³/mol. The van der Waals surface area contributed by atoms with E-state index >= 15 is 0 Å². The van der Waals surface area contributed by atoms with Crippen molar-refractivity contribution < 1.29 is 4.79 Å². The molecule has 1 saturated carbocycles. The van der Waals surface area contributed by atoms with Gasteiger partial charge in [0.1, 0.15) is 0 Å². The number of hydrogen-bond acceptors (Lipinski definition) is 5. The Balaban J connectivity index is 1.78. The molecule has 1 aromatic heterocycles. The molecular weight excluding hydrogens is 260 g/mol. The van der Waals surface area contributed by atoms with Gasteiger partial charge in [0.25, 0.3) is 5.91 Å². The van der Waals surface area contributed by atoms with Crippen LogP contribution in [0.1, 0.15) is 36.0 Å². The molecule has 6 heteroatoms. The summed E-state index contributed by atoms with van der Waals surface area (Å²) >= 11 is 1.38.